The Balaban J connectivity index is 1.51. The molecule has 21 heavy (non-hydrogen) atoms. The van der Waals surface area contributed by atoms with Gasteiger partial charge in [-0.2, -0.15) is 0 Å². The molecule has 1 fully saturated rings. The largest absolute Gasteiger partial charge is 0.379 e. The molecule has 5 nitrogen and oxygen atoms in total. The van der Waals surface area contributed by atoms with Gasteiger partial charge in [-0.05, 0) is 37.5 Å². The van der Waals surface area contributed by atoms with Crippen molar-refractivity contribution >= 4 is 23.3 Å². The highest BCUT2D eigenvalue weighted by Gasteiger charge is 2.14. The monoisotopic (exact) mass is 312 g/mol. The van der Waals surface area contributed by atoms with E-state index in [1.165, 1.54) is 0 Å². The smallest absolute Gasteiger partial charge is 0.319 e. The van der Waals surface area contributed by atoms with Crippen molar-refractivity contribution < 1.29 is 14.3 Å². The molecule has 1 heterocycles. The molecule has 0 aromatic heterocycles. The van der Waals surface area contributed by atoms with Crippen molar-refractivity contribution in [3.05, 3.63) is 29.3 Å². The van der Waals surface area contributed by atoms with Crippen molar-refractivity contribution in [3.63, 3.8) is 0 Å². The summed E-state index contributed by atoms with van der Waals surface area (Å²) < 4.78 is 11.0. The Labute approximate surface area is 130 Å². The average molecular weight is 313 g/mol. The van der Waals surface area contributed by atoms with Crippen LogP contribution < -0.4 is 10.6 Å². The van der Waals surface area contributed by atoms with Gasteiger partial charge >= 0.3 is 6.03 Å². The second kappa shape index (κ2) is 8.87. The molecule has 0 spiro atoms. The van der Waals surface area contributed by atoms with Gasteiger partial charge in [0.1, 0.15) is 0 Å². The molecular formula is C15H21ClN2O3. The summed E-state index contributed by atoms with van der Waals surface area (Å²) in [7, 11) is 0. The third-order valence-corrected chi connectivity index (χ3v) is 3.40. The van der Waals surface area contributed by atoms with Crippen LogP contribution in [0.2, 0.25) is 5.02 Å². The molecule has 116 valence electrons. The van der Waals surface area contributed by atoms with Crippen LogP contribution in [0.25, 0.3) is 0 Å². The van der Waals surface area contributed by atoms with E-state index in [0.29, 0.717) is 30.5 Å². The van der Waals surface area contributed by atoms with Crippen LogP contribution >= 0.6 is 11.6 Å². The summed E-state index contributed by atoms with van der Waals surface area (Å²) in [6.45, 7) is 2.68. The molecule has 1 aliphatic rings. The molecule has 1 aromatic carbocycles. The maximum Gasteiger partial charge on any atom is 0.319 e. The Bertz CT molecular complexity index is 450. The number of ether oxygens (including phenoxy) is 2. The molecule has 1 saturated heterocycles. The summed E-state index contributed by atoms with van der Waals surface area (Å²) in [4.78, 5) is 11.6. The summed E-state index contributed by atoms with van der Waals surface area (Å²) in [5.41, 5.74) is 0.676. The minimum atomic E-state index is -0.239. The van der Waals surface area contributed by atoms with Gasteiger partial charge in [-0.3, -0.25) is 0 Å². The lowest BCUT2D eigenvalue weighted by atomic mass is 10.2. The third-order valence-electron chi connectivity index (χ3n) is 3.16. The topological polar surface area (TPSA) is 59.6 Å². The van der Waals surface area contributed by atoms with Crippen LogP contribution in [0.5, 0.6) is 0 Å². The van der Waals surface area contributed by atoms with Gasteiger partial charge in [-0.1, -0.05) is 17.7 Å². The zero-order chi connectivity index (χ0) is 14.9. The number of amides is 2. The molecule has 0 bridgehead atoms. The van der Waals surface area contributed by atoms with Gasteiger partial charge in [-0.15, -0.1) is 0 Å². The highest BCUT2D eigenvalue weighted by Crippen LogP contribution is 2.14. The standard InChI is InChI=1S/C15H21ClN2O3/c16-12-4-1-5-13(10-12)18-15(19)17-7-3-8-20-11-14-6-2-9-21-14/h1,4-5,10,14H,2-3,6-9,11H2,(H2,17,18,19)/t14-/m1/s1. The maximum absolute atomic E-state index is 11.6. The third kappa shape index (κ3) is 6.33. The first kappa shape index (κ1) is 16.1. The van der Waals surface area contributed by atoms with Crippen LogP contribution in [0, 0.1) is 0 Å². The number of hydrogen-bond donors (Lipinski definition) is 2. The van der Waals surface area contributed by atoms with Crippen LogP contribution in [-0.4, -0.2) is 38.5 Å². The number of carbonyl (C=O) groups is 1. The van der Waals surface area contributed by atoms with Crippen molar-refractivity contribution in [3.8, 4) is 0 Å². The Morgan fingerprint density at radius 3 is 3.14 bits per heavy atom. The zero-order valence-electron chi connectivity index (χ0n) is 11.9. The van der Waals surface area contributed by atoms with E-state index < -0.39 is 0 Å². The molecule has 2 amide bonds. The van der Waals surface area contributed by atoms with E-state index in [1.807, 2.05) is 0 Å². The first-order chi connectivity index (χ1) is 10.2. The molecular weight excluding hydrogens is 292 g/mol. The zero-order valence-corrected chi connectivity index (χ0v) is 12.7. The molecule has 1 aliphatic heterocycles. The summed E-state index contributed by atoms with van der Waals surface area (Å²) >= 11 is 5.85. The fourth-order valence-corrected chi connectivity index (χ4v) is 2.30. The van der Waals surface area contributed by atoms with E-state index in [0.717, 1.165) is 25.9 Å². The number of anilines is 1. The average Bonchev–Trinajstić information content (AvgIpc) is 2.96. The lowest BCUT2D eigenvalue weighted by Gasteiger charge is -2.10. The number of benzene rings is 1. The van der Waals surface area contributed by atoms with Crippen LogP contribution in [0.15, 0.2) is 24.3 Å². The predicted molar refractivity (Wildman–Crippen MR) is 82.9 cm³/mol. The Morgan fingerprint density at radius 1 is 1.48 bits per heavy atom. The second-order valence-corrected chi connectivity index (χ2v) is 5.39. The highest BCUT2D eigenvalue weighted by atomic mass is 35.5. The summed E-state index contributed by atoms with van der Waals surface area (Å²) in [6, 6.07) is 6.80. The van der Waals surface area contributed by atoms with E-state index in [4.69, 9.17) is 21.1 Å². The highest BCUT2D eigenvalue weighted by molar-refractivity contribution is 6.30. The molecule has 2 N–H and O–H groups in total. The molecule has 6 heteroatoms. The van der Waals surface area contributed by atoms with E-state index in [9.17, 15) is 4.79 Å². The van der Waals surface area contributed by atoms with Gasteiger partial charge in [0.05, 0.1) is 12.7 Å². The van der Waals surface area contributed by atoms with Gasteiger partial charge in [0.25, 0.3) is 0 Å². The number of urea groups is 1. The van der Waals surface area contributed by atoms with E-state index in [1.54, 1.807) is 24.3 Å². The molecule has 0 aliphatic carbocycles. The van der Waals surface area contributed by atoms with Crippen molar-refractivity contribution in [2.24, 2.45) is 0 Å². The second-order valence-electron chi connectivity index (χ2n) is 4.95. The van der Waals surface area contributed by atoms with Crippen LogP contribution in [0.4, 0.5) is 10.5 Å². The lowest BCUT2D eigenvalue weighted by molar-refractivity contribution is 0.0168. The van der Waals surface area contributed by atoms with Crippen molar-refractivity contribution in [2.75, 3.05) is 31.7 Å². The number of hydrogen-bond acceptors (Lipinski definition) is 3. The minimum absolute atomic E-state index is 0.239. The number of halogens is 1. The SMILES string of the molecule is O=C(NCCCOC[C@H]1CCCO1)Nc1cccc(Cl)c1. The fraction of sp³-hybridized carbons (Fsp3) is 0.533. The summed E-state index contributed by atoms with van der Waals surface area (Å²) in [6.07, 6.45) is 3.24. The lowest BCUT2D eigenvalue weighted by Crippen LogP contribution is -2.30. The molecule has 1 aromatic rings. The van der Waals surface area contributed by atoms with Crippen LogP contribution in [-0.2, 0) is 9.47 Å². The van der Waals surface area contributed by atoms with Crippen molar-refractivity contribution in [2.45, 2.75) is 25.4 Å². The first-order valence-corrected chi connectivity index (χ1v) is 7.61. The van der Waals surface area contributed by atoms with E-state index in [2.05, 4.69) is 10.6 Å². The molecule has 1 atom stereocenters. The molecule has 0 radical (unpaired) electrons. The van der Waals surface area contributed by atoms with Gasteiger partial charge < -0.3 is 20.1 Å². The quantitative estimate of drug-likeness (QED) is 0.761. The van der Waals surface area contributed by atoms with Gasteiger partial charge in [0, 0.05) is 30.5 Å². The number of rotatable bonds is 7. The molecule has 0 unspecified atom stereocenters. The fourth-order valence-electron chi connectivity index (χ4n) is 2.11. The van der Waals surface area contributed by atoms with Gasteiger partial charge in [0.15, 0.2) is 0 Å². The Hall–Kier alpha value is -1.30. The van der Waals surface area contributed by atoms with Gasteiger partial charge in [-0.25, -0.2) is 4.79 Å². The molecule has 0 saturated carbocycles. The van der Waals surface area contributed by atoms with Crippen LogP contribution in [0.3, 0.4) is 0 Å². The van der Waals surface area contributed by atoms with Crippen molar-refractivity contribution in [1.29, 1.82) is 0 Å². The van der Waals surface area contributed by atoms with Crippen molar-refractivity contribution in [1.82, 2.24) is 5.32 Å². The maximum atomic E-state index is 11.6. The predicted octanol–water partition coefficient (Wildman–Crippen LogP) is 3.05. The van der Waals surface area contributed by atoms with E-state index >= 15 is 0 Å². The Morgan fingerprint density at radius 2 is 2.38 bits per heavy atom. The summed E-state index contributed by atoms with van der Waals surface area (Å²) in [5.74, 6) is 0. The minimum Gasteiger partial charge on any atom is -0.379 e. The Kier molecular flexibility index (Phi) is 6.79. The number of carbonyl (C=O) groups excluding carboxylic acids is 1. The van der Waals surface area contributed by atoms with E-state index in [-0.39, 0.29) is 12.1 Å². The summed E-state index contributed by atoms with van der Waals surface area (Å²) in [5, 5.41) is 6.09. The van der Waals surface area contributed by atoms with Crippen LogP contribution in [0.1, 0.15) is 19.3 Å². The first-order valence-electron chi connectivity index (χ1n) is 7.24. The normalized spacial score (nSPS) is 17.7. The van der Waals surface area contributed by atoms with Gasteiger partial charge in [0.2, 0.25) is 0 Å². The number of nitrogens with one attached hydrogen (secondary N) is 2. The molecule has 2 rings (SSSR count).